The Labute approximate surface area is 113 Å². The molecule has 0 spiro atoms. The Morgan fingerprint density at radius 3 is 2.75 bits per heavy atom. The zero-order valence-corrected chi connectivity index (χ0v) is 10.3. The van der Waals surface area contributed by atoms with E-state index >= 15 is 0 Å². The zero-order chi connectivity index (χ0) is 14.1. The number of hydrogen-bond acceptors (Lipinski definition) is 4. The van der Waals surface area contributed by atoms with Crippen LogP contribution in [0, 0.1) is 11.6 Å². The minimum atomic E-state index is -0.718. The minimum Gasteiger partial charge on any atom is -0.456 e. The third-order valence-electron chi connectivity index (χ3n) is 3.08. The van der Waals surface area contributed by atoms with E-state index in [0.29, 0.717) is 11.1 Å². The first-order valence-electron chi connectivity index (χ1n) is 5.94. The molecule has 0 fully saturated rings. The molecular weight excluding hydrogens is 264 g/mol. The fourth-order valence-electron chi connectivity index (χ4n) is 2.13. The van der Waals surface area contributed by atoms with Crippen LogP contribution in [0.15, 0.2) is 47.1 Å². The lowest BCUT2D eigenvalue weighted by Crippen LogP contribution is -2.29. The monoisotopic (exact) mass is 275 g/mol. The molecule has 3 N–H and O–H groups in total. The lowest BCUT2D eigenvalue weighted by molar-refractivity contribution is 0.452. The van der Waals surface area contributed by atoms with Crippen LogP contribution < -0.4 is 11.3 Å². The van der Waals surface area contributed by atoms with Crippen molar-refractivity contribution >= 4 is 11.0 Å². The van der Waals surface area contributed by atoms with Crippen molar-refractivity contribution < 1.29 is 13.2 Å². The molecule has 1 aromatic carbocycles. The third-order valence-corrected chi connectivity index (χ3v) is 3.08. The van der Waals surface area contributed by atoms with E-state index in [1.54, 1.807) is 18.2 Å². The fraction of sp³-hybridized carbons (Fsp3) is 0.0714. The van der Waals surface area contributed by atoms with E-state index in [1.165, 1.54) is 18.3 Å². The summed E-state index contributed by atoms with van der Waals surface area (Å²) < 4.78 is 32.8. The number of aromatic nitrogens is 1. The fourth-order valence-corrected chi connectivity index (χ4v) is 2.13. The summed E-state index contributed by atoms with van der Waals surface area (Å²) in [5.74, 6) is 4.82. The average Bonchev–Trinajstić information content (AvgIpc) is 2.87. The first-order chi connectivity index (χ1) is 9.70. The molecule has 2 heterocycles. The molecule has 0 saturated carbocycles. The van der Waals surface area contributed by atoms with Gasteiger partial charge in [0.1, 0.15) is 17.6 Å². The Hall–Kier alpha value is -2.31. The largest absolute Gasteiger partial charge is 0.456 e. The number of hydrogen-bond donors (Lipinski definition) is 2. The number of nitrogens with one attached hydrogen (secondary N) is 1. The summed E-state index contributed by atoms with van der Waals surface area (Å²) in [5, 5.41) is 0.592. The highest BCUT2D eigenvalue weighted by atomic mass is 19.1. The van der Waals surface area contributed by atoms with Crippen molar-refractivity contribution in [2.75, 3.05) is 0 Å². The van der Waals surface area contributed by atoms with Crippen molar-refractivity contribution in [2.45, 2.75) is 6.04 Å². The minimum absolute atomic E-state index is 0.122. The molecule has 1 unspecified atom stereocenters. The third kappa shape index (κ3) is 2.04. The predicted molar refractivity (Wildman–Crippen MR) is 69.5 cm³/mol. The summed E-state index contributed by atoms with van der Waals surface area (Å²) in [5.41, 5.74) is 2.87. The topological polar surface area (TPSA) is 64.1 Å². The van der Waals surface area contributed by atoms with Gasteiger partial charge in [0.15, 0.2) is 11.4 Å². The van der Waals surface area contributed by atoms with Crippen LogP contribution in [0.2, 0.25) is 0 Å². The van der Waals surface area contributed by atoms with E-state index in [4.69, 9.17) is 10.3 Å². The second-order valence-electron chi connectivity index (χ2n) is 4.30. The quantitative estimate of drug-likeness (QED) is 0.569. The number of pyridine rings is 1. The average molecular weight is 275 g/mol. The molecule has 102 valence electrons. The van der Waals surface area contributed by atoms with Gasteiger partial charge in [0.2, 0.25) is 0 Å². The van der Waals surface area contributed by atoms with E-state index in [0.717, 1.165) is 6.20 Å². The van der Waals surface area contributed by atoms with Gasteiger partial charge in [0.05, 0.1) is 6.20 Å². The molecule has 4 nitrogen and oxygen atoms in total. The molecule has 2 aromatic heterocycles. The van der Waals surface area contributed by atoms with Crippen molar-refractivity contribution in [1.29, 1.82) is 0 Å². The molecule has 3 rings (SSSR count). The first kappa shape index (κ1) is 12.7. The maximum absolute atomic E-state index is 13.8. The smallest absolute Gasteiger partial charge is 0.169 e. The molecule has 0 aliphatic heterocycles. The molecule has 0 saturated heterocycles. The molecule has 3 aromatic rings. The van der Waals surface area contributed by atoms with Crippen molar-refractivity contribution in [3.8, 4) is 0 Å². The van der Waals surface area contributed by atoms with E-state index in [-0.39, 0.29) is 11.1 Å². The van der Waals surface area contributed by atoms with Crippen molar-refractivity contribution in [3.63, 3.8) is 0 Å². The Kier molecular flexibility index (Phi) is 3.17. The first-order valence-corrected chi connectivity index (χ1v) is 5.94. The molecule has 6 heteroatoms. The molecule has 0 bridgehead atoms. The number of para-hydroxylation sites is 1. The van der Waals surface area contributed by atoms with Crippen LogP contribution in [-0.2, 0) is 0 Å². The molecule has 1 atom stereocenters. The summed E-state index contributed by atoms with van der Waals surface area (Å²) in [6.07, 6.45) is 2.54. The standard InChI is InChI=1S/C14H11F2N3O/c15-10-3-1-2-8-6-12(20-14(8)10)13(19-17)9-4-5-18-7-11(9)16/h1-7,13,19H,17H2. The van der Waals surface area contributed by atoms with E-state index < -0.39 is 17.7 Å². The van der Waals surface area contributed by atoms with Gasteiger partial charge in [0.25, 0.3) is 0 Å². The van der Waals surface area contributed by atoms with Gasteiger partial charge in [0, 0.05) is 17.1 Å². The number of fused-ring (bicyclic) bond motifs is 1. The Morgan fingerprint density at radius 1 is 1.20 bits per heavy atom. The number of halogens is 2. The van der Waals surface area contributed by atoms with Crippen LogP contribution in [-0.4, -0.2) is 4.98 Å². The van der Waals surface area contributed by atoms with Crippen LogP contribution in [0.3, 0.4) is 0 Å². The zero-order valence-electron chi connectivity index (χ0n) is 10.3. The number of nitrogens with zero attached hydrogens (tertiary/aromatic N) is 1. The second-order valence-corrected chi connectivity index (χ2v) is 4.30. The highest BCUT2D eigenvalue weighted by Crippen LogP contribution is 2.29. The number of rotatable bonds is 3. The summed E-state index contributed by atoms with van der Waals surface area (Å²) in [7, 11) is 0. The van der Waals surface area contributed by atoms with E-state index in [2.05, 4.69) is 10.4 Å². The summed E-state index contributed by atoms with van der Waals surface area (Å²) >= 11 is 0. The number of nitrogens with two attached hydrogens (primary N) is 1. The number of furan rings is 1. The molecule has 0 radical (unpaired) electrons. The number of benzene rings is 1. The molecule has 0 aliphatic rings. The van der Waals surface area contributed by atoms with Gasteiger partial charge < -0.3 is 4.42 Å². The highest BCUT2D eigenvalue weighted by Gasteiger charge is 2.21. The van der Waals surface area contributed by atoms with Gasteiger partial charge in [-0.2, -0.15) is 0 Å². The summed E-state index contributed by atoms with van der Waals surface area (Å²) in [6.45, 7) is 0. The van der Waals surface area contributed by atoms with Crippen LogP contribution >= 0.6 is 0 Å². The lowest BCUT2D eigenvalue weighted by atomic mass is 10.1. The number of hydrazine groups is 1. The maximum Gasteiger partial charge on any atom is 0.169 e. The van der Waals surface area contributed by atoms with Crippen LogP contribution in [0.1, 0.15) is 17.4 Å². The van der Waals surface area contributed by atoms with Gasteiger partial charge in [-0.15, -0.1) is 0 Å². The van der Waals surface area contributed by atoms with Gasteiger partial charge in [-0.3, -0.25) is 10.8 Å². The second kappa shape index (κ2) is 4.99. The normalized spacial score (nSPS) is 12.8. The SMILES string of the molecule is NNC(c1cc2cccc(F)c2o1)c1ccncc1F. The van der Waals surface area contributed by atoms with Crippen LogP contribution in [0.5, 0.6) is 0 Å². The van der Waals surface area contributed by atoms with Gasteiger partial charge in [-0.25, -0.2) is 14.2 Å². The van der Waals surface area contributed by atoms with E-state index in [1.807, 2.05) is 0 Å². The van der Waals surface area contributed by atoms with Crippen LogP contribution in [0.4, 0.5) is 8.78 Å². The van der Waals surface area contributed by atoms with Crippen LogP contribution in [0.25, 0.3) is 11.0 Å². The molecule has 20 heavy (non-hydrogen) atoms. The summed E-state index contributed by atoms with van der Waals surface area (Å²) in [6, 6.07) is 6.99. The van der Waals surface area contributed by atoms with Crippen molar-refractivity contribution in [3.05, 3.63) is 65.7 Å². The van der Waals surface area contributed by atoms with Crippen molar-refractivity contribution in [1.82, 2.24) is 10.4 Å². The predicted octanol–water partition coefficient (Wildman–Crippen LogP) is 2.66. The highest BCUT2D eigenvalue weighted by molar-refractivity contribution is 5.78. The Morgan fingerprint density at radius 2 is 2.05 bits per heavy atom. The lowest BCUT2D eigenvalue weighted by Gasteiger charge is -2.13. The van der Waals surface area contributed by atoms with Gasteiger partial charge in [-0.1, -0.05) is 12.1 Å². The van der Waals surface area contributed by atoms with Gasteiger partial charge >= 0.3 is 0 Å². The van der Waals surface area contributed by atoms with Crippen molar-refractivity contribution in [2.24, 2.45) is 5.84 Å². The van der Waals surface area contributed by atoms with Gasteiger partial charge in [-0.05, 0) is 18.2 Å². The van der Waals surface area contributed by atoms with E-state index in [9.17, 15) is 8.78 Å². The Bertz CT molecular complexity index is 757. The Balaban J connectivity index is 2.12. The summed E-state index contributed by atoms with van der Waals surface area (Å²) in [4.78, 5) is 3.68. The maximum atomic E-state index is 13.8. The molecule has 0 aliphatic carbocycles. The molecular formula is C14H11F2N3O. The molecule has 0 amide bonds.